The maximum absolute atomic E-state index is 11.4. The summed E-state index contributed by atoms with van der Waals surface area (Å²) in [7, 11) is 1.90. The van der Waals surface area contributed by atoms with E-state index in [0.29, 0.717) is 5.94 Å². The molecular formula is C10H16N2O2S. The fraction of sp³-hybridized carbons (Fsp3) is 0.600. The fourth-order valence-corrected chi connectivity index (χ4v) is 1.51. The number of hydrogen-bond donors (Lipinski definition) is 0. The fourth-order valence-electron chi connectivity index (χ4n) is 0.843. The Morgan fingerprint density at radius 1 is 1.60 bits per heavy atom. The monoisotopic (exact) mass is 228 g/mol. The zero-order chi connectivity index (χ0) is 11.5. The summed E-state index contributed by atoms with van der Waals surface area (Å²) in [4.78, 5) is 15.5. The SMILES string of the molecule is Cn1ccnc1SCOC(=O)C(C)(C)C. The van der Waals surface area contributed by atoms with Gasteiger partial charge in [0.25, 0.3) is 0 Å². The number of imidazole rings is 1. The third kappa shape index (κ3) is 3.58. The number of esters is 1. The van der Waals surface area contributed by atoms with Crippen molar-refractivity contribution >= 4 is 17.7 Å². The summed E-state index contributed by atoms with van der Waals surface area (Å²) in [5.74, 6) is 0.116. The molecule has 84 valence electrons. The summed E-state index contributed by atoms with van der Waals surface area (Å²) in [6.45, 7) is 5.50. The maximum atomic E-state index is 11.4. The third-order valence-corrected chi connectivity index (χ3v) is 2.65. The molecule has 0 spiro atoms. The van der Waals surface area contributed by atoms with Gasteiger partial charge in [-0.15, -0.1) is 0 Å². The summed E-state index contributed by atoms with van der Waals surface area (Å²) < 4.78 is 6.99. The molecule has 1 aromatic heterocycles. The smallest absolute Gasteiger partial charge is 0.312 e. The van der Waals surface area contributed by atoms with Crippen LogP contribution in [0.2, 0.25) is 0 Å². The molecule has 0 aliphatic heterocycles. The molecular weight excluding hydrogens is 212 g/mol. The zero-order valence-electron chi connectivity index (χ0n) is 9.48. The molecule has 1 aromatic rings. The van der Waals surface area contributed by atoms with Crippen LogP contribution in [-0.4, -0.2) is 21.5 Å². The molecule has 0 N–H and O–H groups in total. The van der Waals surface area contributed by atoms with E-state index in [4.69, 9.17) is 4.74 Å². The summed E-state index contributed by atoms with van der Waals surface area (Å²) >= 11 is 1.41. The second-order valence-corrected chi connectivity index (χ2v) is 5.15. The Bertz CT molecular complexity index is 341. The largest absolute Gasteiger partial charge is 0.454 e. The van der Waals surface area contributed by atoms with Crippen molar-refractivity contribution in [3.05, 3.63) is 12.4 Å². The van der Waals surface area contributed by atoms with Crippen LogP contribution >= 0.6 is 11.8 Å². The molecule has 0 radical (unpaired) electrons. The van der Waals surface area contributed by atoms with E-state index < -0.39 is 5.41 Å². The predicted octanol–water partition coefficient (Wildman–Crippen LogP) is 2.06. The summed E-state index contributed by atoms with van der Waals surface area (Å²) in [6, 6.07) is 0. The van der Waals surface area contributed by atoms with Gasteiger partial charge in [-0.1, -0.05) is 0 Å². The molecule has 0 amide bonds. The Morgan fingerprint density at radius 3 is 2.73 bits per heavy atom. The molecule has 0 saturated carbocycles. The van der Waals surface area contributed by atoms with Crippen molar-refractivity contribution in [1.29, 1.82) is 0 Å². The minimum Gasteiger partial charge on any atom is -0.454 e. The highest BCUT2D eigenvalue weighted by Crippen LogP contribution is 2.19. The molecule has 1 rings (SSSR count). The first-order chi connectivity index (χ1) is 6.91. The van der Waals surface area contributed by atoms with E-state index >= 15 is 0 Å². The van der Waals surface area contributed by atoms with E-state index in [1.807, 2.05) is 38.6 Å². The average molecular weight is 228 g/mol. The molecule has 0 atom stereocenters. The highest BCUT2D eigenvalue weighted by atomic mass is 32.2. The number of carbonyl (C=O) groups is 1. The van der Waals surface area contributed by atoms with Gasteiger partial charge in [0.2, 0.25) is 0 Å². The first-order valence-electron chi connectivity index (χ1n) is 4.68. The molecule has 5 heteroatoms. The van der Waals surface area contributed by atoms with Gasteiger partial charge in [0.15, 0.2) is 5.16 Å². The van der Waals surface area contributed by atoms with Crippen LogP contribution in [0.1, 0.15) is 20.8 Å². The normalized spacial score (nSPS) is 11.5. The van der Waals surface area contributed by atoms with E-state index in [1.165, 1.54) is 11.8 Å². The van der Waals surface area contributed by atoms with Gasteiger partial charge < -0.3 is 9.30 Å². The average Bonchev–Trinajstić information content (AvgIpc) is 2.50. The predicted molar refractivity (Wildman–Crippen MR) is 59.5 cm³/mol. The first kappa shape index (κ1) is 12.1. The Balaban J connectivity index is 2.35. The molecule has 0 unspecified atom stereocenters. The highest BCUT2D eigenvalue weighted by Gasteiger charge is 2.22. The number of ether oxygens (including phenoxy) is 1. The standard InChI is InChI=1S/C10H16N2O2S/c1-10(2,3)8(13)14-7-15-9-11-5-6-12(9)4/h5-6H,7H2,1-4H3. The van der Waals surface area contributed by atoms with Crippen LogP contribution in [0.15, 0.2) is 17.6 Å². The molecule has 15 heavy (non-hydrogen) atoms. The summed E-state index contributed by atoms with van der Waals surface area (Å²) in [5.41, 5.74) is -0.442. The van der Waals surface area contributed by atoms with Crippen molar-refractivity contribution in [3.8, 4) is 0 Å². The lowest BCUT2D eigenvalue weighted by molar-refractivity contribution is -0.150. The lowest BCUT2D eigenvalue weighted by atomic mass is 9.98. The highest BCUT2D eigenvalue weighted by molar-refractivity contribution is 7.99. The van der Waals surface area contributed by atoms with Crippen molar-refractivity contribution in [2.24, 2.45) is 12.5 Å². The number of thioether (sulfide) groups is 1. The van der Waals surface area contributed by atoms with Crippen LogP contribution in [0.3, 0.4) is 0 Å². The van der Waals surface area contributed by atoms with E-state index in [9.17, 15) is 4.79 Å². The molecule has 0 aromatic carbocycles. The van der Waals surface area contributed by atoms with Gasteiger partial charge in [-0.25, -0.2) is 4.98 Å². The van der Waals surface area contributed by atoms with Crippen LogP contribution in [0, 0.1) is 5.41 Å². The maximum Gasteiger partial charge on any atom is 0.312 e. The van der Waals surface area contributed by atoms with Crippen LogP contribution in [0.4, 0.5) is 0 Å². The van der Waals surface area contributed by atoms with Crippen molar-refractivity contribution < 1.29 is 9.53 Å². The Labute approximate surface area is 94.0 Å². The van der Waals surface area contributed by atoms with Gasteiger partial charge in [-0.2, -0.15) is 0 Å². The topological polar surface area (TPSA) is 44.1 Å². The molecule has 0 bridgehead atoms. The van der Waals surface area contributed by atoms with Crippen LogP contribution < -0.4 is 0 Å². The van der Waals surface area contributed by atoms with E-state index in [-0.39, 0.29) is 5.97 Å². The van der Waals surface area contributed by atoms with Crippen molar-refractivity contribution in [2.75, 3.05) is 5.94 Å². The number of aromatic nitrogens is 2. The molecule has 0 fully saturated rings. The number of nitrogens with zero attached hydrogens (tertiary/aromatic N) is 2. The zero-order valence-corrected chi connectivity index (χ0v) is 10.3. The lowest BCUT2D eigenvalue weighted by Gasteiger charge is -2.15. The third-order valence-electron chi connectivity index (χ3n) is 1.77. The van der Waals surface area contributed by atoms with Gasteiger partial charge >= 0.3 is 5.97 Å². The first-order valence-corrected chi connectivity index (χ1v) is 5.67. The number of carbonyl (C=O) groups excluding carboxylic acids is 1. The van der Waals surface area contributed by atoms with Gasteiger partial charge in [0, 0.05) is 19.4 Å². The molecule has 4 nitrogen and oxygen atoms in total. The van der Waals surface area contributed by atoms with Crippen molar-refractivity contribution in [1.82, 2.24) is 9.55 Å². The van der Waals surface area contributed by atoms with Crippen molar-refractivity contribution in [3.63, 3.8) is 0 Å². The van der Waals surface area contributed by atoms with Gasteiger partial charge in [-0.3, -0.25) is 4.79 Å². The van der Waals surface area contributed by atoms with Crippen LogP contribution in [0.25, 0.3) is 0 Å². The van der Waals surface area contributed by atoms with E-state index in [0.717, 1.165) is 5.16 Å². The minimum absolute atomic E-state index is 0.191. The molecule has 1 heterocycles. The Morgan fingerprint density at radius 2 is 2.27 bits per heavy atom. The van der Waals surface area contributed by atoms with Gasteiger partial charge in [-0.05, 0) is 32.5 Å². The van der Waals surface area contributed by atoms with E-state index in [1.54, 1.807) is 6.20 Å². The van der Waals surface area contributed by atoms with E-state index in [2.05, 4.69) is 4.98 Å². The summed E-state index contributed by atoms with van der Waals surface area (Å²) in [5, 5.41) is 0.844. The molecule has 0 aliphatic rings. The minimum atomic E-state index is -0.442. The van der Waals surface area contributed by atoms with Crippen molar-refractivity contribution in [2.45, 2.75) is 25.9 Å². The number of rotatable bonds is 3. The number of aryl methyl sites for hydroxylation is 1. The number of hydrogen-bond acceptors (Lipinski definition) is 4. The van der Waals surface area contributed by atoms with Gasteiger partial charge in [0.1, 0.15) is 5.94 Å². The second kappa shape index (κ2) is 4.70. The quantitative estimate of drug-likeness (QED) is 0.451. The Kier molecular flexibility index (Phi) is 3.79. The molecule has 0 aliphatic carbocycles. The van der Waals surface area contributed by atoms with Gasteiger partial charge in [0.05, 0.1) is 5.41 Å². The Hall–Kier alpha value is -0.970. The van der Waals surface area contributed by atoms with Crippen LogP contribution in [-0.2, 0) is 16.6 Å². The second-order valence-electron chi connectivity index (χ2n) is 4.26. The summed E-state index contributed by atoms with van der Waals surface area (Å²) in [6.07, 6.45) is 3.57. The molecule has 0 saturated heterocycles. The van der Waals surface area contributed by atoms with Crippen LogP contribution in [0.5, 0.6) is 0 Å². The lowest BCUT2D eigenvalue weighted by Crippen LogP contribution is -2.22.